The highest BCUT2D eigenvalue weighted by Crippen LogP contribution is 2.18. The monoisotopic (exact) mass is 296 g/mol. The highest BCUT2D eigenvalue weighted by Gasteiger charge is 2.11. The molecule has 1 aromatic carbocycles. The Morgan fingerprint density at radius 2 is 2.00 bits per heavy atom. The first kappa shape index (κ1) is 16.9. The zero-order chi connectivity index (χ0) is 15.0. The Kier molecular flexibility index (Phi) is 7.47. The normalized spacial score (nSPS) is 12.0. The fourth-order valence-electron chi connectivity index (χ4n) is 2.09. The lowest BCUT2D eigenvalue weighted by molar-refractivity contribution is -0.120. The van der Waals surface area contributed by atoms with Crippen molar-refractivity contribution >= 4 is 23.4 Å². The van der Waals surface area contributed by atoms with E-state index in [1.807, 2.05) is 38.3 Å². The van der Waals surface area contributed by atoms with E-state index in [2.05, 4.69) is 10.6 Å². The molecule has 0 fully saturated rings. The van der Waals surface area contributed by atoms with Gasteiger partial charge in [0.15, 0.2) is 0 Å². The molecular weight excluding hydrogens is 272 g/mol. The van der Waals surface area contributed by atoms with Crippen LogP contribution in [0.15, 0.2) is 18.2 Å². The van der Waals surface area contributed by atoms with Crippen molar-refractivity contribution in [2.24, 2.45) is 0 Å². The molecule has 0 aliphatic heterocycles. The average Bonchev–Trinajstić information content (AvgIpc) is 2.38. The number of anilines is 1. The molecule has 1 atom stereocenters. The minimum absolute atomic E-state index is 0.0299. The lowest BCUT2D eigenvalue weighted by Crippen LogP contribution is -2.40. The SMILES string of the molecule is CSCC(CCO)NC(=O)CNc1c(C)cccc1C. The lowest BCUT2D eigenvalue weighted by Gasteiger charge is -2.18. The van der Waals surface area contributed by atoms with Crippen LogP contribution >= 0.6 is 11.8 Å². The number of para-hydroxylation sites is 1. The predicted octanol–water partition coefficient (Wildman–Crippen LogP) is 1.95. The molecule has 0 saturated carbocycles. The second kappa shape index (κ2) is 8.87. The third-order valence-corrected chi connectivity index (χ3v) is 3.85. The molecule has 0 aromatic heterocycles. The summed E-state index contributed by atoms with van der Waals surface area (Å²) in [6.45, 7) is 4.39. The maximum Gasteiger partial charge on any atom is 0.239 e. The molecule has 1 aromatic rings. The molecule has 20 heavy (non-hydrogen) atoms. The van der Waals surface area contributed by atoms with E-state index in [-0.39, 0.29) is 25.1 Å². The molecule has 0 spiro atoms. The molecule has 0 radical (unpaired) electrons. The number of nitrogens with one attached hydrogen (secondary N) is 2. The highest BCUT2D eigenvalue weighted by atomic mass is 32.2. The van der Waals surface area contributed by atoms with Gasteiger partial charge in [0, 0.05) is 24.1 Å². The number of aliphatic hydroxyl groups is 1. The lowest BCUT2D eigenvalue weighted by atomic mass is 10.1. The van der Waals surface area contributed by atoms with Gasteiger partial charge in [-0.1, -0.05) is 18.2 Å². The molecule has 3 N–H and O–H groups in total. The molecule has 0 saturated heterocycles. The van der Waals surface area contributed by atoms with Crippen LogP contribution in [0.1, 0.15) is 17.5 Å². The van der Waals surface area contributed by atoms with E-state index in [4.69, 9.17) is 5.11 Å². The van der Waals surface area contributed by atoms with Crippen LogP contribution in [0, 0.1) is 13.8 Å². The van der Waals surface area contributed by atoms with Gasteiger partial charge in [0.1, 0.15) is 0 Å². The summed E-state index contributed by atoms with van der Waals surface area (Å²) in [5.74, 6) is 0.774. The first-order valence-electron chi connectivity index (χ1n) is 6.77. The number of aliphatic hydroxyl groups excluding tert-OH is 1. The van der Waals surface area contributed by atoms with E-state index < -0.39 is 0 Å². The Bertz CT molecular complexity index is 412. The second-order valence-electron chi connectivity index (χ2n) is 4.85. The first-order chi connectivity index (χ1) is 9.58. The number of hydrogen-bond acceptors (Lipinski definition) is 4. The van der Waals surface area contributed by atoms with E-state index in [1.54, 1.807) is 11.8 Å². The number of hydrogen-bond donors (Lipinski definition) is 3. The summed E-state index contributed by atoms with van der Waals surface area (Å²) in [4.78, 5) is 11.9. The molecule has 112 valence electrons. The Labute approximate surface area is 125 Å². The topological polar surface area (TPSA) is 61.4 Å². The summed E-state index contributed by atoms with van der Waals surface area (Å²) in [7, 11) is 0. The van der Waals surface area contributed by atoms with Gasteiger partial charge in [0.05, 0.1) is 6.54 Å². The summed E-state index contributed by atoms with van der Waals surface area (Å²) < 4.78 is 0. The van der Waals surface area contributed by atoms with Crippen LogP contribution in [-0.4, -0.2) is 42.2 Å². The van der Waals surface area contributed by atoms with Gasteiger partial charge in [-0.25, -0.2) is 0 Å². The Morgan fingerprint density at radius 3 is 2.55 bits per heavy atom. The standard InChI is InChI=1S/C15H24N2O2S/c1-11-5-4-6-12(2)15(11)16-9-14(19)17-13(7-8-18)10-20-3/h4-6,13,16,18H,7-10H2,1-3H3,(H,17,19). The van der Waals surface area contributed by atoms with Crippen molar-refractivity contribution in [1.29, 1.82) is 0 Å². The van der Waals surface area contributed by atoms with Crippen LogP contribution in [0.25, 0.3) is 0 Å². The predicted molar refractivity (Wildman–Crippen MR) is 86.4 cm³/mol. The molecule has 1 rings (SSSR count). The average molecular weight is 296 g/mol. The summed E-state index contributed by atoms with van der Waals surface area (Å²) in [6.07, 6.45) is 2.58. The number of carbonyl (C=O) groups excluding carboxylic acids is 1. The van der Waals surface area contributed by atoms with Crippen molar-refractivity contribution < 1.29 is 9.90 Å². The molecule has 0 heterocycles. The Morgan fingerprint density at radius 1 is 1.35 bits per heavy atom. The number of thioether (sulfide) groups is 1. The van der Waals surface area contributed by atoms with Crippen LogP contribution in [-0.2, 0) is 4.79 Å². The van der Waals surface area contributed by atoms with Crippen molar-refractivity contribution in [2.75, 3.05) is 30.5 Å². The largest absolute Gasteiger partial charge is 0.396 e. The van der Waals surface area contributed by atoms with E-state index >= 15 is 0 Å². The van der Waals surface area contributed by atoms with Crippen molar-refractivity contribution in [3.05, 3.63) is 29.3 Å². The van der Waals surface area contributed by atoms with Crippen LogP contribution in [0.3, 0.4) is 0 Å². The molecule has 1 amide bonds. The number of carbonyl (C=O) groups is 1. The molecular formula is C15H24N2O2S. The maximum absolute atomic E-state index is 11.9. The second-order valence-corrected chi connectivity index (χ2v) is 5.76. The quantitative estimate of drug-likeness (QED) is 0.686. The minimum atomic E-state index is -0.0415. The number of amides is 1. The van der Waals surface area contributed by atoms with Gasteiger partial charge in [0.2, 0.25) is 5.91 Å². The zero-order valence-corrected chi connectivity index (χ0v) is 13.2. The van der Waals surface area contributed by atoms with Gasteiger partial charge in [-0.3, -0.25) is 4.79 Å². The van der Waals surface area contributed by atoms with E-state index in [9.17, 15) is 4.79 Å². The third kappa shape index (κ3) is 5.43. The molecule has 5 heteroatoms. The van der Waals surface area contributed by atoms with E-state index in [0.29, 0.717) is 6.42 Å². The van der Waals surface area contributed by atoms with Gasteiger partial charge >= 0.3 is 0 Å². The molecule has 0 aliphatic rings. The van der Waals surface area contributed by atoms with E-state index in [1.165, 1.54) is 0 Å². The number of benzene rings is 1. The maximum atomic E-state index is 11.9. The van der Waals surface area contributed by atoms with Crippen molar-refractivity contribution in [1.82, 2.24) is 5.32 Å². The molecule has 4 nitrogen and oxygen atoms in total. The van der Waals surface area contributed by atoms with Gasteiger partial charge in [-0.15, -0.1) is 0 Å². The summed E-state index contributed by atoms with van der Waals surface area (Å²) in [5, 5.41) is 15.1. The summed E-state index contributed by atoms with van der Waals surface area (Å²) in [6, 6.07) is 6.08. The van der Waals surface area contributed by atoms with Crippen molar-refractivity contribution in [3.63, 3.8) is 0 Å². The van der Waals surface area contributed by atoms with Crippen molar-refractivity contribution in [3.8, 4) is 0 Å². The van der Waals surface area contributed by atoms with Gasteiger partial charge in [-0.05, 0) is 37.7 Å². The number of aryl methyl sites for hydroxylation is 2. The molecule has 0 bridgehead atoms. The molecule has 1 unspecified atom stereocenters. The Balaban J connectivity index is 2.50. The highest BCUT2D eigenvalue weighted by molar-refractivity contribution is 7.98. The van der Waals surface area contributed by atoms with Crippen LogP contribution in [0.2, 0.25) is 0 Å². The van der Waals surface area contributed by atoms with Gasteiger partial charge in [0.25, 0.3) is 0 Å². The fourth-order valence-corrected chi connectivity index (χ4v) is 2.75. The number of rotatable bonds is 8. The summed E-state index contributed by atoms with van der Waals surface area (Å²) >= 11 is 1.66. The van der Waals surface area contributed by atoms with Gasteiger partial charge in [-0.2, -0.15) is 11.8 Å². The zero-order valence-electron chi connectivity index (χ0n) is 12.4. The fraction of sp³-hybridized carbons (Fsp3) is 0.533. The molecule has 0 aliphatic carbocycles. The van der Waals surface area contributed by atoms with Crippen molar-refractivity contribution in [2.45, 2.75) is 26.3 Å². The smallest absolute Gasteiger partial charge is 0.239 e. The van der Waals surface area contributed by atoms with Crippen LogP contribution < -0.4 is 10.6 Å². The first-order valence-corrected chi connectivity index (χ1v) is 8.17. The Hall–Kier alpha value is -1.20. The van der Waals surface area contributed by atoms with Crippen LogP contribution in [0.4, 0.5) is 5.69 Å². The third-order valence-electron chi connectivity index (χ3n) is 3.12. The van der Waals surface area contributed by atoms with Crippen LogP contribution in [0.5, 0.6) is 0 Å². The minimum Gasteiger partial charge on any atom is -0.396 e. The van der Waals surface area contributed by atoms with E-state index in [0.717, 1.165) is 22.6 Å². The summed E-state index contributed by atoms with van der Waals surface area (Å²) in [5.41, 5.74) is 3.29. The van der Waals surface area contributed by atoms with Gasteiger partial charge < -0.3 is 15.7 Å².